The van der Waals surface area contributed by atoms with Crippen LogP contribution in [0.15, 0.2) is 36.7 Å². The second-order valence-corrected chi connectivity index (χ2v) is 5.75. The molecular formula is C15H21N3. The van der Waals surface area contributed by atoms with Crippen LogP contribution >= 0.6 is 0 Å². The van der Waals surface area contributed by atoms with Crippen molar-refractivity contribution < 1.29 is 0 Å². The van der Waals surface area contributed by atoms with E-state index in [1.54, 1.807) is 6.20 Å². The summed E-state index contributed by atoms with van der Waals surface area (Å²) < 4.78 is 1.96. The van der Waals surface area contributed by atoms with E-state index in [0.717, 1.165) is 11.4 Å². The summed E-state index contributed by atoms with van der Waals surface area (Å²) in [5, 5.41) is 0. The minimum absolute atomic E-state index is 0.168. The van der Waals surface area contributed by atoms with Crippen LogP contribution in [-0.4, -0.2) is 9.55 Å². The van der Waals surface area contributed by atoms with E-state index >= 15 is 0 Å². The summed E-state index contributed by atoms with van der Waals surface area (Å²) in [5.41, 5.74) is 8.82. The molecule has 2 aromatic rings. The van der Waals surface area contributed by atoms with Crippen LogP contribution < -0.4 is 5.73 Å². The Kier molecular flexibility index (Phi) is 3.26. The van der Waals surface area contributed by atoms with Crippen molar-refractivity contribution in [1.29, 1.82) is 0 Å². The van der Waals surface area contributed by atoms with E-state index in [4.69, 9.17) is 5.73 Å². The van der Waals surface area contributed by atoms with Crippen LogP contribution in [0.5, 0.6) is 0 Å². The van der Waals surface area contributed by atoms with Gasteiger partial charge in [0.15, 0.2) is 0 Å². The number of aromatic nitrogens is 2. The highest BCUT2D eigenvalue weighted by Crippen LogP contribution is 2.24. The SMILES string of the molecule is Cn1ccnc1C(N)c1ccc(C(C)(C)C)cc1. The van der Waals surface area contributed by atoms with Crippen molar-refractivity contribution in [3.05, 3.63) is 53.6 Å². The van der Waals surface area contributed by atoms with Crippen molar-refractivity contribution in [1.82, 2.24) is 9.55 Å². The standard InChI is InChI=1S/C15H21N3/c1-15(2,3)12-7-5-11(6-8-12)13(16)14-17-9-10-18(14)4/h5-10,13H,16H2,1-4H3. The number of nitrogens with zero attached hydrogens (tertiary/aromatic N) is 2. The summed E-state index contributed by atoms with van der Waals surface area (Å²) in [7, 11) is 1.96. The van der Waals surface area contributed by atoms with Gasteiger partial charge in [0, 0.05) is 19.4 Å². The zero-order valence-electron chi connectivity index (χ0n) is 11.5. The van der Waals surface area contributed by atoms with Crippen molar-refractivity contribution in [3.63, 3.8) is 0 Å². The summed E-state index contributed by atoms with van der Waals surface area (Å²) >= 11 is 0. The third-order valence-electron chi connectivity index (χ3n) is 3.27. The Bertz CT molecular complexity index is 517. The van der Waals surface area contributed by atoms with Crippen LogP contribution in [0.3, 0.4) is 0 Å². The van der Waals surface area contributed by atoms with Gasteiger partial charge in [0.25, 0.3) is 0 Å². The highest BCUT2D eigenvalue weighted by molar-refractivity contribution is 5.31. The van der Waals surface area contributed by atoms with E-state index < -0.39 is 0 Å². The number of imidazole rings is 1. The number of hydrogen-bond donors (Lipinski definition) is 1. The molecule has 3 nitrogen and oxygen atoms in total. The van der Waals surface area contributed by atoms with E-state index in [1.165, 1.54) is 5.56 Å². The van der Waals surface area contributed by atoms with Gasteiger partial charge in [-0.05, 0) is 16.5 Å². The average molecular weight is 243 g/mol. The average Bonchev–Trinajstić information content (AvgIpc) is 2.73. The molecule has 0 amide bonds. The van der Waals surface area contributed by atoms with Gasteiger partial charge in [-0.3, -0.25) is 0 Å². The fraction of sp³-hybridized carbons (Fsp3) is 0.400. The summed E-state index contributed by atoms with van der Waals surface area (Å²) in [6.45, 7) is 6.63. The zero-order valence-corrected chi connectivity index (χ0v) is 11.5. The maximum Gasteiger partial charge on any atom is 0.129 e. The third-order valence-corrected chi connectivity index (χ3v) is 3.27. The number of rotatable bonds is 2. The van der Waals surface area contributed by atoms with Gasteiger partial charge < -0.3 is 10.3 Å². The summed E-state index contributed by atoms with van der Waals surface area (Å²) in [5.74, 6) is 0.888. The van der Waals surface area contributed by atoms with Crippen LogP contribution in [0.25, 0.3) is 0 Å². The molecule has 18 heavy (non-hydrogen) atoms. The summed E-state index contributed by atoms with van der Waals surface area (Å²) in [6.07, 6.45) is 3.69. The highest BCUT2D eigenvalue weighted by atomic mass is 15.1. The molecule has 0 saturated heterocycles. The molecule has 3 heteroatoms. The predicted octanol–water partition coefficient (Wildman–Crippen LogP) is 2.77. The third kappa shape index (κ3) is 2.46. The molecule has 0 spiro atoms. The Morgan fingerprint density at radius 1 is 1.17 bits per heavy atom. The van der Waals surface area contributed by atoms with Crippen molar-refractivity contribution >= 4 is 0 Å². The molecule has 0 bridgehead atoms. The lowest BCUT2D eigenvalue weighted by Gasteiger charge is -2.20. The maximum absolute atomic E-state index is 6.24. The monoisotopic (exact) mass is 243 g/mol. The first-order valence-corrected chi connectivity index (χ1v) is 6.23. The Balaban J connectivity index is 2.28. The van der Waals surface area contributed by atoms with Crippen LogP contribution in [-0.2, 0) is 12.5 Å². The number of benzene rings is 1. The molecule has 1 aromatic heterocycles. The lowest BCUT2D eigenvalue weighted by Crippen LogP contribution is -2.17. The molecule has 2 rings (SSSR count). The molecule has 1 aromatic carbocycles. The van der Waals surface area contributed by atoms with Gasteiger partial charge in [-0.1, -0.05) is 45.0 Å². The normalized spacial score (nSPS) is 13.6. The Morgan fingerprint density at radius 3 is 2.22 bits per heavy atom. The molecule has 96 valence electrons. The van der Waals surface area contributed by atoms with E-state index in [2.05, 4.69) is 50.0 Å². The van der Waals surface area contributed by atoms with Gasteiger partial charge >= 0.3 is 0 Å². The van der Waals surface area contributed by atoms with Crippen LogP contribution in [0.1, 0.15) is 43.8 Å². The second kappa shape index (κ2) is 4.58. The van der Waals surface area contributed by atoms with Crippen molar-refractivity contribution in [2.45, 2.75) is 32.2 Å². The Morgan fingerprint density at radius 2 is 1.78 bits per heavy atom. The molecule has 2 N–H and O–H groups in total. The van der Waals surface area contributed by atoms with Crippen molar-refractivity contribution in [2.24, 2.45) is 12.8 Å². The van der Waals surface area contributed by atoms with E-state index in [0.29, 0.717) is 0 Å². The molecule has 0 radical (unpaired) electrons. The summed E-state index contributed by atoms with van der Waals surface area (Å²) in [6, 6.07) is 8.33. The zero-order chi connectivity index (χ0) is 13.3. The molecule has 1 unspecified atom stereocenters. The topological polar surface area (TPSA) is 43.8 Å². The molecule has 0 aliphatic rings. The lowest BCUT2D eigenvalue weighted by atomic mass is 9.86. The van der Waals surface area contributed by atoms with Gasteiger partial charge in [-0.15, -0.1) is 0 Å². The largest absolute Gasteiger partial charge is 0.336 e. The van der Waals surface area contributed by atoms with E-state index in [-0.39, 0.29) is 11.5 Å². The smallest absolute Gasteiger partial charge is 0.129 e. The molecule has 1 atom stereocenters. The van der Waals surface area contributed by atoms with E-state index in [9.17, 15) is 0 Å². The quantitative estimate of drug-likeness (QED) is 0.881. The second-order valence-electron chi connectivity index (χ2n) is 5.75. The van der Waals surface area contributed by atoms with Crippen LogP contribution in [0.4, 0.5) is 0 Å². The number of hydrogen-bond acceptors (Lipinski definition) is 2. The minimum atomic E-state index is -0.168. The molecule has 0 fully saturated rings. The Hall–Kier alpha value is -1.61. The van der Waals surface area contributed by atoms with Gasteiger partial charge in [-0.2, -0.15) is 0 Å². The van der Waals surface area contributed by atoms with Crippen LogP contribution in [0, 0.1) is 0 Å². The number of nitrogens with two attached hydrogens (primary N) is 1. The fourth-order valence-electron chi connectivity index (χ4n) is 2.02. The molecular weight excluding hydrogens is 222 g/mol. The predicted molar refractivity (Wildman–Crippen MR) is 74.4 cm³/mol. The molecule has 1 heterocycles. The van der Waals surface area contributed by atoms with Crippen LogP contribution in [0.2, 0.25) is 0 Å². The lowest BCUT2D eigenvalue weighted by molar-refractivity contribution is 0.589. The van der Waals surface area contributed by atoms with Gasteiger partial charge in [0.05, 0.1) is 6.04 Å². The fourth-order valence-corrected chi connectivity index (χ4v) is 2.02. The van der Waals surface area contributed by atoms with Gasteiger partial charge in [-0.25, -0.2) is 4.98 Å². The van der Waals surface area contributed by atoms with Crippen molar-refractivity contribution in [3.8, 4) is 0 Å². The number of aryl methyl sites for hydroxylation is 1. The van der Waals surface area contributed by atoms with E-state index in [1.807, 2.05) is 17.8 Å². The first-order chi connectivity index (χ1) is 8.39. The maximum atomic E-state index is 6.24. The highest BCUT2D eigenvalue weighted by Gasteiger charge is 2.16. The summed E-state index contributed by atoms with van der Waals surface area (Å²) in [4.78, 5) is 4.30. The Labute approximate surface area is 109 Å². The first-order valence-electron chi connectivity index (χ1n) is 6.23. The molecule has 0 aliphatic heterocycles. The first kappa shape index (κ1) is 12.8. The minimum Gasteiger partial charge on any atom is -0.336 e. The molecule has 0 aliphatic carbocycles. The van der Waals surface area contributed by atoms with Crippen molar-refractivity contribution in [2.75, 3.05) is 0 Å². The van der Waals surface area contributed by atoms with Gasteiger partial charge in [0.2, 0.25) is 0 Å². The van der Waals surface area contributed by atoms with Gasteiger partial charge in [0.1, 0.15) is 5.82 Å². The molecule has 0 saturated carbocycles.